The van der Waals surface area contributed by atoms with Crippen molar-refractivity contribution in [3.05, 3.63) is 28.2 Å². The number of benzene rings is 1. The van der Waals surface area contributed by atoms with Crippen LogP contribution in [0.3, 0.4) is 0 Å². The zero-order valence-corrected chi connectivity index (χ0v) is 12.2. The van der Waals surface area contributed by atoms with Crippen molar-refractivity contribution in [3.63, 3.8) is 0 Å². The molecule has 0 saturated carbocycles. The number of nitrogens with zero attached hydrogens (tertiary/aromatic N) is 1. The lowest BCUT2D eigenvalue weighted by molar-refractivity contribution is -0.121. The number of methoxy groups -OCH3 is 1. The summed E-state index contributed by atoms with van der Waals surface area (Å²) in [5, 5.41) is 2.75. The molecule has 0 aromatic heterocycles. The summed E-state index contributed by atoms with van der Waals surface area (Å²) in [6.45, 7) is 1.32. The second-order valence-corrected chi connectivity index (χ2v) is 5.13. The number of nitrogens with one attached hydrogen (secondary N) is 1. The van der Waals surface area contributed by atoms with Gasteiger partial charge in [0.25, 0.3) is 5.91 Å². The summed E-state index contributed by atoms with van der Waals surface area (Å²) in [6, 6.07) is 5.15. The molecule has 6 heteroatoms. The van der Waals surface area contributed by atoms with Gasteiger partial charge in [0.05, 0.1) is 18.1 Å². The van der Waals surface area contributed by atoms with Crippen molar-refractivity contribution in [1.29, 1.82) is 0 Å². The Hall–Kier alpha value is -1.56. The van der Waals surface area contributed by atoms with Crippen LogP contribution >= 0.6 is 15.9 Å². The van der Waals surface area contributed by atoms with Gasteiger partial charge in [-0.3, -0.25) is 9.59 Å². The van der Waals surface area contributed by atoms with Crippen molar-refractivity contribution in [3.8, 4) is 5.75 Å². The van der Waals surface area contributed by atoms with Crippen LogP contribution in [0.15, 0.2) is 22.7 Å². The molecule has 0 spiro atoms. The number of amides is 2. The highest BCUT2D eigenvalue weighted by molar-refractivity contribution is 9.10. The molecule has 2 rings (SSSR count). The zero-order valence-electron chi connectivity index (χ0n) is 10.6. The van der Waals surface area contributed by atoms with Crippen LogP contribution < -0.4 is 10.1 Å². The highest BCUT2D eigenvalue weighted by atomic mass is 79.9. The number of rotatable bonds is 2. The summed E-state index contributed by atoms with van der Waals surface area (Å²) in [4.78, 5) is 25.4. The summed E-state index contributed by atoms with van der Waals surface area (Å²) in [5.74, 6) is 0.420. The molecule has 1 heterocycles. The van der Waals surface area contributed by atoms with E-state index in [0.29, 0.717) is 24.4 Å². The molecule has 1 aromatic rings. The van der Waals surface area contributed by atoms with Crippen molar-refractivity contribution in [2.24, 2.45) is 0 Å². The predicted molar refractivity (Wildman–Crippen MR) is 74.2 cm³/mol. The molecule has 2 amide bonds. The number of carbonyl (C=O) groups is 2. The fraction of sp³-hybridized carbons (Fsp3) is 0.385. The van der Waals surface area contributed by atoms with Crippen LogP contribution in [0.1, 0.15) is 16.8 Å². The Morgan fingerprint density at radius 3 is 2.95 bits per heavy atom. The van der Waals surface area contributed by atoms with Gasteiger partial charge in [-0.25, -0.2) is 0 Å². The van der Waals surface area contributed by atoms with Crippen molar-refractivity contribution < 1.29 is 14.3 Å². The molecule has 0 aliphatic carbocycles. The monoisotopic (exact) mass is 326 g/mol. The second kappa shape index (κ2) is 6.06. The Bertz CT molecular complexity index is 505. The van der Waals surface area contributed by atoms with Gasteiger partial charge in [0.2, 0.25) is 5.91 Å². The van der Waals surface area contributed by atoms with Gasteiger partial charge in [0.15, 0.2) is 0 Å². The van der Waals surface area contributed by atoms with Gasteiger partial charge in [-0.05, 0) is 40.5 Å². The van der Waals surface area contributed by atoms with Crippen LogP contribution in [0.5, 0.6) is 5.75 Å². The Kier molecular flexibility index (Phi) is 4.42. The number of hydrogen-bond donors (Lipinski definition) is 1. The summed E-state index contributed by atoms with van der Waals surface area (Å²) in [7, 11) is 1.57. The molecule has 1 aromatic carbocycles. The summed E-state index contributed by atoms with van der Waals surface area (Å²) >= 11 is 3.35. The smallest absolute Gasteiger partial charge is 0.254 e. The molecular formula is C13H15BrN2O3. The maximum atomic E-state index is 12.3. The van der Waals surface area contributed by atoms with Gasteiger partial charge in [0, 0.05) is 18.7 Å². The third-order valence-electron chi connectivity index (χ3n) is 2.95. The second-order valence-electron chi connectivity index (χ2n) is 4.28. The highest BCUT2D eigenvalue weighted by Crippen LogP contribution is 2.26. The van der Waals surface area contributed by atoms with Crippen molar-refractivity contribution >= 4 is 27.7 Å². The van der Waals surface area contributed by atoms with E-state index >= 15 is 0 Å². The maximum Gasteiger partial charge on any atom is 0.254 e. The summed E-state index contributed by atoms with van der Waals surface area (Å²) in [6.07, 6.45) is 0.773. The normalized spacial score (nSPS) is 15.7. The molecule has 1 fully saturated rings. The van der Waals surface area contributed by atoms with E-state index < -0.39 is 0 Å². The third kappa shape index (κ3) is 3.26. The highest BCUT2D eigenvalue weighted by Gasteiger charge is 2.21. The van der Waals surface area contributed by atoms with Gasteiger partial charge >= 0.3 is 0 Å². The first kappa shape index (κ1) is 13.9. The minimum Gasteiger partial charge on any atom is -0.496 e. The maximum absolute atomic E-state index is 12.3. The molecule has 1 N–H and O–H groups in total. The molecule has 0 atom stereocenters. The van der Waals surface area contributed by atoms with E-state index in [9.17, 15) is 9.59 Å². The summed E-state index contributed by atoms with van der Waals surface area (Å²) in [5.41, 5.74) is 0.544. The van der Waals surface area contributed by atoms with Gasteiger partial charge < -0.3 is 15.0 Å². The largest absolute Gasteiger partial charge is 0.496 e. The first-order valence-corrected chi connectivity index (χ1v) is 6.80. The van der Waals surface area contributed by atoms with Gasteiger partial charge in [0.1, 0.15) is 5.75 Å². The lowest BCUT2D eigenvalue weighted by Gasteiger charge is -2.19. The molecule has 1 aliphatic heterocycles. The van der Waals surface area contributed by atoms with Crippen LogP contribution in [0.4, 0.5) is 0 Å². The predicted octanol–water partition coefficient (Wildman–Crippen LogP) is 1.42. The number of hydrogen-bond acceptors (Lipinski definition) is 3. The topological polar surface area (TPSA) is 58.6 Å². The fourth-order valence-electron chi connectivity index (χ4n) is 1.96. The number of ether oxygens (including phenoxy) is 1. The van der Waals surface area contributed by atoms with Crippen molar-refractivity contribution in [1.82, 2.24) is 10.2 Å². The summed E-state index contributed by atoms with van der Waals surface area (Å²) < 4.78 is 5.85. The van der Waals surface area contributed by atoms with Crippen LogP contribution in [0.25, 0.3) is 0 Å². The molecule has 5 nitrogen and oxygen atoms in total. The standard InChI is InChI=1S/C13H15BrN2O3/c1-19-11-4-3-9(7-10(11)14)13(18)16-6-2-5-15-12(17)8-16/h3-4,7H,2,5-6,8H2,1H3,(H,15,17). The Morgan fingerprint density at radius 2 is 2.26 bits per heavy atom. The molecule has 0 radical (unpaired) electrons. The average Bonchev–Trinajstić information content (AvgIpc) is 2.62. The Morgan fingerprint density at radius 1 is 1.47 bits per heavy atom. The Balaban J connectivity index is 2.18. The third-order valence-corrected chi connectivity index (χ3v) is 3.57. The van der Waals surface area contributed by atoms with Crippen LogP contribution in [0.2, 0.25) is 0 Å². The van der Waals surface area contributed by atoms with Gasteiger partial charge in [-0.1, -0.05) is 0 Å². The first-order valence-electron chi connectivity index (χ1n) is 6.01. The zero-order chi connectivity index (χ0) is 13.8. The van der Waals surface area contributed by atoms with Crippen molar-refractivity contribution in [2.75, 3.05) is 26.7 Å². The molecule has 1 saturated heterocycles. The van der Waals surface area contributed by atoms with Crippen LogP contribution in [-0.4, -0.2) is 43.5 Å². The molecule has 0 bridgehead atoms. The molecular weight excluding hydrogens is 312 g/mol. The van der Waals surface area contributed by atoms with E-state index in [1.165, 1.54) is 0 Å². The van der Waals surface area contributed by atoms with E-state index in [1.54, 1.807) is 30.2 Å². The van der Waals surface area contributed by atoms with E-state index in [0.717, 1.165) is 10.9 Å². The first-order chi connectivity index (χ1) is 9.11. The average molecular weight is 327 g/mol. The van der Waals surface area contributed by atoms with Crippen LogP contribution in [0, 0.1) is 0 Å². The Labute approximate surface area is 120 Å². The van der Waals surface area contributed by atoms with E-state index in [1.807, 2.05) is 0 Å². The van der Waals surface area contributed by atoms with Gasteiger partial charge in [-0.15, -0.1) is 0 Å². The van der Waals surface area contributed by atoms with Gasteiger partial charge in [-0.2, -0.15) is 0 Å². The fourth-order valence-corrected chi connectivity index (χ4v) is 2.50. The quantitative estimate of drug-likeness (QED) is 0.894. The SMILES string of the molecule is COc1ccc(C(=O)N2CCCNC(=O)C2)cc1Br. The minimum absolute atomic E-state index is 0.113. The molecule has 19 heavy (non-hydrogen) atoms. The molecule has 1 aliphatic rings. The van der Waals surface area contributed by atoms with E-state index in [4.69, 9.17) is 4.74 Å². The lowest BCUT2D eigenvalue weighted by atomic mass is 10.2. The van der Waals surface area contributed by atoms with Crippen molar-refractivity contribution in [2.45, 2.75) is 6.42 Å². The molecule has 0 unspecified atom stereocenters. The van der Waals surface area contributed by atoms with E-state index in [-0.39, 0.29) is 18.4 Å². The number of carbonyl (C=O) groups excluding carboxylic acids is 2. The minimum atomic E-state index is -0.139. The number of halogens is 1. The van der Waals surface area contributed by atoms with Crippen LogP contribution in [-0.2, 0) is 4.79 Å². The lowest BCUT2D eigenvalue weighted by Crippen LogP contribution is -2.37. The van der Waals surface area contributed by atoms with E-state index in [2.05, 4.69) is 21.2 Å². The molecule has 102 valence electrons.